The molecule has 5 heteroatoms. The number of carbonyl (C=O) groups is 1. The van der Waals surface area contributed by atoms with Gasteiger partial charge in [-0.2, -0.15) is 5.26 Å². The van der Waals surface area contributed by atoms with Gasteiger partial charge in [-0.25, -0.2) is 0 Å². The number of esters is 1. The molecule has 0 saturated carbocycles. The predicted molar refractivity (Wildman–Crippen MR) is 89.0 cm³/mol. The van der Waals surface area contributed by atoms with Gasteiger partial charge >= 0.3 is 5.97 Å². The molecule has 0 spiro atoms. The van der Waals surface area contributed by atoms with E-state index in [0.717, 1.165) is 5.56 Å². The summed E-state index contributed by atoms with van der Waals surface area (Å²) >= 11 is 0. The summed E-state index contributed by atoms with van der Waals surface area (Å²) in [5, 5.41) is 9.28. The lowest BCUT2D eigenvalue weighted by molar-refractivity contribution is -0.144. The Kier molecular flexibility index (Phi) is 7.05. The first-order chi connectivity index (χ1) is 10.8. The molecular formula is C18H26N2O3. The van der Waals surface area contributed by atoms with Crippen LogP contribution in [0.15, 0.2) is 18.2 Å². The second kappa shape index (κ2) is 8.54. The van der Waals surface area contributed by atoms with Crippen molar-refractivity contribution >= 4 is 5.97 Å². The van der Waals surface area contributed by atoms with Crippen molar-refractivity contribution in [3.63, 3.8) is 0 Å². The maximum Gasteiger partial charge on any atom is 0.322 e. The number of hydrogen-bond acceptors (Lipinski definition) is 5. The average Bonchev–Trinajstić information content (AvgIpc) is 2.50. The zero-order valence-electron chi connectivity index (χ0n) is 14.4. The van der Waals surface area contributed by atoms with Crippen LogP contribution in [0, 0.1) is 16.7 Å². The summed E-state index contributed by atoms with van der Waals surface area (Å²) in [6, 6.07) is 7.00. The predicted octanol–water partition coefficient (Wildman–Crippen LogP) is 2.81. The lowest BCUT2D eigenvalue weighted by Crippen LogP contribution is -2.32. The van der Waals surface area contributed by atoms with E-state index >= 15 is 0 Å². The van der Waals surface area contributed by atoms with Gasteiger partial charge < -0.3 is 15.2 Å². The number of carbonyl (C=O) groups excluding carboxylic acids is 1. The first-order valence-electron chi connectivity index (χ1n) is 7.85. The summed E-state index contributed by atoms with van der Waals surface area (Å²) in [5.41, 5.74) is 7.25. The van der Waals surface area contributed by atoms with Crippen molar-refractivity contribution in [2.75, 3.05) is 13.2 Å². The molecule has 1 aromatic carbocycles. The summed E-state index contributed by atoms with van der Waals surface area (Å²) < 4.78 is 10.6. The molecule has 0 saturated heterocycles. The van der Waals surface area contributed by atoms with E-state index in [1.54, 1.807) is 19.1 Å². The molecule has 0 heterocycles. The molecule has 0 aromatic heterocycles. The number of rotatable bonds is 7. The van der Waals surface area contributed by atoms with E-state index in [-0.39, 0.29) is 5.41 Å². The van der Waals surface area contributed by atoms with Gasteiger partial charge in [-0.1, -0.05) is 26.8 Å². The number of nitrogens with zero attached hydrogens (tertiary/aromatic N) is 1. The van der Waals surface area contributed by atoms with Gasteiger partial charge in [0.05, 0.1) is 18.8 Å². The molecule has 5 nitrogen and oxygen atoms in total. The van der Waals surface area contributed by atoms with Crippen molar-refractivity contribution in [2.45, 2.75) is 46.6 Å². The van der Waals surface area contributed by atoms with Crippen LogP contribution in [0.2, 0.25) is 0 Å². The Hall–Kier alpha value is -2.06. The highest BCUT2D eigenvalue weighted by molar-refractivity contribution is 5.75. The molecular weight excluding hydrogens is 292 g/mol. The van der Waals surface area contributed by atoms with Gasteiger partial charge in [0, 0.05) is 0 Å². The maximum absolute atomic E-state index is 11.5. The molecule has 1 atom stereocenters. The van der Waals surface area contributed by atoms with E-state index in [9.17, 15) is 10.1 Å². The molecule has 0 aliphatic rings. The topological polar surface area (TPSA) is 85.3 Å². The van der Waals surface area contributed by atoms with E-state index in [2.05, 4.69) is 26.8 Å². The second-order valence-electron chi connectivity index (χ2n) is 6.69. The van der Waals surface area contributed by atoms with Crippen LogP contribution >= 0.6 is 0 Å². The monoisotopic (exact) mass is 318 g/mol. The molecule has 1 unspecified atom stereocenters. The molecule has 0 aliphatic carbocycles. The van der Waals surface area contributed by atoms with Crippen molar-refractivity contribution in [3.8, 4) is 11.8 Å². The van der Waals surface area contributed by atoms with Gasteiger partial charge in [-0.3, -0.25) is 4.79 Å². The number of aryl methyl sites for hydroxylation is 1. The standard InChI is InChI=1S/C18H26N2O3/c1-5-22-17(21)15(20)8-6-13-7-9-16(14(10-13)11-19)23-12-18(2,3)4/h7,9-10,15H,5-6,8,12,20H2,1-4H3. The summed E-state index contributed by atoms with van der Waals surface area (Å²) in [4.78, 5) is 11.5. The van der Waals surface area contributed by atoms with Crippen LogP contribution in [0.25, 0.3) is 0 Å². The smallest absolute Gasteiger partial charge is 0.322 e. The number of ether oxygens (including phenoxy) is 2. The first-order valence-corrected chi connectivity index (χ1v) is 7.85. The van der Waals surface area contributed by atoms with E-state index in [4.69, 9.17) is 15.2 Å². The molecule has 2 N–H and O–H groups in total. The highest BCUT2D eigenvalue weighted by atomic mass is 16.5. The van der Waals surface area contributed by atoms with Crippen LogP contribution in [0.5, 0.6) is 5.75 Å². The summed E-state index contributed by atoms with van der Waals surface area (Å²) in [6.45, 7) is 8.83. The minimum absolute atomic E-state index is 0.0256. The zero-order valence-corrected chi connectivity index (χ0v) is 14.4. The molecule has 1 rings (SSSR count). The third-order valence-electron chi connectivity index (χ3n) is 3.16. The van der Waals surface area contributed by atoms with Crippen molar-refractivity contribution in [3.05, 3.63) is 29.3 Å². The van der Waals surface area contributed by atoms with Crippen LogP contribution in [-0.4, -0.2) is 25.2 Å². The summed E-state index contributed by atoms with van der Waals surface area (Å²) in [6.07, 6.45) is 1.08. The Morgan fingerprint density at radius 3 is 2.65 bits per heavy atom. The first kappa shape index (κ1) is 19.0. The number of hydrogen-bond donors (Lipinski definition) is 1. The van der Waals surface area contributed by atoms with Crippen LogP contribution in [0.1, 0.15) is 45.2 Å². The molecule has 23 heavy (non-hydrogen) atoms. The molecule has 0 fully saturated rings. The minimum atomic E-state index is -0.641. The fourth-order valence-electron chi connectivity index (χ4n) is 1.93. The highest BCUT2D eigenvalue weighted by Crippen LogP contribution is 2.23. The Balaban J connectivity index is 2.69. The normalized spacial score (nSPS) is 12.3. The van der Waals surface area contributed by atoms with Gasteiger partial charge in [-0.05, 0) is 42.9 Å². The third kappa shape index (κ3) is 6.70. The Morgan fingerprint density at radius 2 is 2.09 bits per heavy atom. The number of benzene rings is 1. The van der Waals surface area contributed by atoms with Crippen molar-refractivity contribution in [1.29, 1.82) is 5.26 Å². The zero-order chi connectivity index (χ0) is 17.5. The molecule has 0 aliphatic heterocycles. The average molecular weight is 318 g/mol. The molecule has 126 valence electrons. The SMILES string of the molecule is CCOC(=O)C(N)CCc1ccc(OCC(C)(C)C)c(C#N)c1. The van der Waals surface area contributed by atoms with Crippen molar-refractivity contribution < 1.29 is 14.3 Å². The van der Waals surface area contributed by atoms with E-state index in [0.29, 0.717) is 37.4 Å². The van der Waals surface area contributed by atoms with E-state index < -0.39 is 12.0 Å². The molecule has 0 bridgehead atoms. The van der Waals surface area contributed by atoms with Crippen molar-refractivity contribution in [2.24, 2.45) is 11.1 Å². The quantitative estimate of drug-likeness (QED) is 0.781. The van der Waals surface area contributed by atoms with Crippen LogP contribution in [-0.2, 0) is 16.0 Å². The molecule has 0 radical (unpaired) electrons. The third-order valence-corrected chi connectivity index (χ3v) is 3.16. The second-order valence-corrected chi connectivity index (χ2v) is 6.69. The Labute approximate surface area is 138 Å². The van der Waals surface area contributed by atoms with Crippen LogP contribution < -0.4 is 10.5 Å². The van der Waals surface area contributed by atoms with Crippen LogP contribution in [0.3, 0.4) is 0 Å². The van der Waals surface area contributed by atoms with Crippen LogP contribution in [0.4, 0.5) is 0 Å². The van der Waals surface area contributed by atoms with Gasteiger partial charge in [0.15, 0.2) is 0 Å². The van der Waals surface area contributed by atoms with Gasteiger partial charge in [0.2, 0.25) is 0 Å². The molecule has 1 aromatic rings. The minimum Gasteiger partial charge on any atom is -0.492 e. The van der Waals surface area contributed by atoms with E-state index in [1.165, 1.54) is 0 Å². The van der Waals surface area contributed by atoms with Crippen molar-refractivity contribution in [1.82, 2.24) is 0 Å². The van der Waals surface area contributed by atoms with Gasteiger partial charge in [-0.15, -0.1) is 0 Å². The largest absolute Gasteiger partial charge is 0.492 e. The Bertz CT molecular complexity index is 571. The summed E-state index contributed by atoms with van der Waals surface area (Å²) in [5.74, 6) is 0.194. The van der Waals surface area contributed by atoms with Gasteiger partial charge in [0.25, 0.3) is 0 Å². The van der Waals surface area contributed by atoms with Gasteiger partial charge in [0.1, 0.15) is 17.9 Å². The Morgan fingerprint density at radius 1 is 1.39 bits per heavy atom. The number of nitrogens with two attached hydrogens (primary N) is 1. The molecule has 0 amide bonds. The lowest BCUT2D eigenvalue weighted by Gasteiger charge is -2.19. The summed E-state index contributed by atoms with van der Waals surface area (Å²) in [7, 11) is 0. The fraction of sp³-hybridized carbons (Fsp3) is 0.556. The maximum atomic E-state index is 11.5. The highest BCUT2D eigenvalue weighted by Gasteiger charge is 2.16. The van der Waals surface area contributed by atoms with E-state index in [1.807, 2.05) is 6.07 Å². The lowest BCUT2D eigenvalue weighted by atomic mass is 9.98. The number of nitriles is 1. The fourth-order valence-corrected chi connectivity index (χ4v) is 1.93.